The Labute approximate surface area is 177 Å². The molecule has 4 heteroatoms. The second kappa shape index (κ2) is 8.34. The summed E-state index contributed by atoms with van der Waals surface area (Å²) in [7, 11) is 0. The van der Waals surface area contributed by atoms with Gasteiger partial charge in [0.15, 0.2) is 0 Å². The van der Waals surface area contributed by atoms with E-state index in [2.05, 4.69) is 5.32 Å². The van der Waals surface area contributed by atoms with Crippen LogP contribution in [0.4, 0.5) is 0 Å². The van der Waals surface area contributed by atoms with Crippen molar-refractivity contribution in [3.63, 3.8) is 0 Å². The fourth-order valence-electron chi connectivity index (χ4n) is 3.67. The molecule has 0 amide bonds. The van der Waals surface area contributed by atoms with Gasteiger partial charge in [-0.3, -0.25) is 0 Å². The van der Waals surface area contributed by atoms with Crippen LogP contribution in [0.15, 0.2) is 84.9 Å². The van der Waals surface area contributed by atoms with Gasteiger partial charge in [-0.15, -0.1) is 0 Å². The first-order valence-corrected chi connectivity index (χ1v) is 10.3. The summed E-state index contributed by atoms with van der Waals surface area (Å²) in [5, 5.41) is 18.2. The summed E-state index contributed by atoms with van der Waals surface area (Å²) in [6.07, 6.45) is -0.960. The molecule has 0 saturated carbocycles. The van der Waals surface area contributed by atoms with Crippen molar-refractivity contribution in [1.29, 1.82) is 0 Å². The molecule has 4 rings (SSSR count). The van der Waals surface area contributed by atoms with Crippen molar-refractivity contribution in [3.8, 4) is 11.5 Å². The zero-order valence-corrected chi connectivity index (χ0v) is 17.5. The van der Waals surface area contributed by atoms with Crippen molar-refractivity contribution in [2.24, 2.45) is 0 Å². The molecular weight excluding hydrogens is 374 g/mol. The molecule has 0 aliphatic heterocycles. The Morgan fingerprint density at radius 2 is 1.10 bits per heavy atom. The Hall–Kier alpha value is -3.08. The first kappa shape index (κ1) is 20.2. The molecule has 4 aromatic carbocycles. The zero-order chi connectivity index (χ0) is 21.1. The fraction of sp³-hybridized carbons (Fsp3) is 0.231. The van der Waals surface area contributed by atoms with Crippen LogP contribution in [0, 0.1) is 0 Å². The number of aliphatic hydroxyl groups excluding tert-OH is 1. The molecule has 154 valence electrons. The van der Waals surface area contributed by atoms with Gasteiger partial charge in [0.2, 0.25) is 0 Å². The number of fused-ring (bicyclic) bond motifs is 2. The average Bonchev–Trinajstić information content (AvgIpc) is 2.74. The molecule has 1 atom stereocenters. The zero-order valence-electron chi connectivity index (χ0n) is 17.5. The van der Waals surface area contributed by atoms with Crippen molar-refractivity contribution in [2.75, 3.05) is 0 Å². The first-order chi connectivity index (χ1) is 14.5. The summed E-state index contributed by atoms with van der Waals surface area (Å²) >= 11 is 0. The Morgan fingerprint density at radius 1 is 0.667 bits per heavy atom. The molecule has 0 aliphatic carbocycles. The predicted octanol–water partition coefficient (Wildman–Crippen LogP) is 5.48. The van der Waals surface area contributed by atoms with Gasteiger partial charge in [0, 0.05) is 16.8 Å². The van der Waals surface area contributed by atoms with Crippen LogP contribution in [0.5, 0.6) is 11.5 Å². The third-order valence-electron chi connectivity index (χ3n) is 5.06. The Bertz CT molecular complexity index is 1060. The SMILES string of the molecule is CC(C)NC(Oc1cccc2ccccc12)(Oc1cccc2ccccc12)C(C)O. The van der Waals surface area contributed by atoms with Crippen LogP contribution in [0.25, 0.3) is 21.5 Å². The van der Waals surface area contributed by atoms with Gasteiger partial charge in [-0.2, -0.15) is 0 Å². The maximum absolute atomic E-state index is 10.9. The molecule has 0 bridgehead atoms. The van der Waals surface area contributed by atoms with Crippen LogP contribution in [-0.4, -0.2) is 23.2 Å². The van der Waals surface area contributed by atoms with Crippen LogP contribution < -0.4 is 14.8 Å². The minimum Gasteiger partial charge on any atom is -0.437 e. The monoisotopic (exact) mass is 401 g/mol. The van der Waals surface area contributed by atoms with Gasteiger partial charge in [-0.1, -0.05) is 72.8 Å². The lowest BCUT2D eigenvalue weighted by atomic mass is 10.1. The molecule has 0 aromatic heterocycles. The van der Waals surface area contributed by atoms with Crippen LogP contribution >= 0.6 is 0 Å². The van der Waals surface area contributed by atoms with Gasteiger partial charge in [-0.25, -0.2) is 5.32 Å². The number of hydrogen-bond donors (Lipinski definition) is 2. The van der Waals surface area contributed by atoms with Crippen molar-refractivity contribution < 1.29 is 14.6 Å². The summed E-state index contributed by atoms with van der Waals surface area (Å²) in [5.74, 6) is -0.188. The largest absolute Gasteiger partial charge is 0.437 e. The van der Waals surface area contributed by atoms with Gasteiger partial charge in [0.1, 0.15) is 17.6 Å². The lowest BCUT2D eigenvalue weighted by molar-refractivity contribution is -0.204. The predicted molar refractivity (Wildman–Crippen MR) is 122 cm³/mol. The van der Waals surface area contributed by atoms with E-state index < -0.39 is 12.0 Å². The summed E-state index contributed by atoms with van der Waals surface area (Å²) in [4.78, 5) is 0. The van der Waals surface area contributed by atoms with Crippen LogP contribution in [0.2, 0.25) is 0 Å². The van der Waals surface area contributed by atoms with E-state index >= 15 is 0 Å². The maximum atomic E-state index is 10.9. The van der Waals surface area contributed by atoms with E-state index in [1.54, 1.807) is 6.92 Å². The molecule has 2 N–H and O–H groups in total. The molecule has 4 aromatic rings. The molecule has 0 aliphatic rings. The normalized spacial score (nSPS) is 13.0. The minimum absolute atomic E-state index is 0.00422. The molecule has 0 saturated heterocycles. The number of aliphatic hydroxyl groups is 1. The second-order valence-corrected chi connectivity index (χ2v) is 7.80. The average molecular weight is 402 g/mol. The molecule has 0 fully saturated rings. The molecule has 1 unspecified atom stereocenters. The summed E-state index contributed by atoms with van der Waals surface area (Å²) in [5.41, 5.74) is 0. The fourth-order valence-corrected chi connectivity index (χ4v) is 3.67. The Balaban J connectivity index is 1.82. The van der Waals surface area contributed by atoms with E-state index in [-0.39, 0.29) is 6.04 Å². The number of hydrogen-bond acceptors (Lipinski definition) is 4. The van der Waals surface area contributed by atoms with E-state index in [1.807, 2.05) is 98.8 Å². The van der Waals surface area contributed by atoms with Gasteiger partial charge >= 0.3 is 5.91 Å². The minimum atomic E-state index is -1.47. The van der Waals surface area contributed by atoms with Crippen molar-refractivity contribution in [1.82, 2.24) is 5.32 Å². The maximum Gasteiger partial charge on any atom is 0.340 e. The van der Waals surface area contributed by atoms with E-state index in [0.717, 1.165) is 21.5 Å². The van der Waals surface area contributed by atoms with E-state index in [1.165, 1.54) is 0 Å². The molecule has 0 radical (unpaired) electrons. The molecule has 0 spiro atoms. The smallest absolute Gasteiger partial charge is 0.340 e. The highest BCUT2D eigenvalue weighted by atomic mass is 16.7. The molecule has 4 nitrogen and oxygen atoms in total. The van der Waals surface area contributed by atoms with Gasteiger partial charge in [0.25, 0.3) is 0 Å². The summed E-state index contributed by atoms with van der Waals surface area (Å²) in [6.45, 7) is 5.66. The molecule has 30 heavy (non-hydrogen) atoms. The number of rotatable bonds is 7. The van der Waals surface area contributed by atoms with Crippen LogP contribution in [0.3, 0.4) is 0 Å². The number of benzene rings is 4. The lowest BCUT2D eigenvalue weighted by Gasteiger charge is -2.39. The third-order valence-corrected chi connectivity index (χ3v) is 5.06. The quantitative estimate of drug-likeness (QED) is 0.403. The standard InChI is InChI=1S/C26H27NO3/c1-18(2)27-26(19(3)28,29-24-16-8-12-20-10-4-6-14-22(20)24)30-25-17-9-13-21-11-5-7-15-23(21)25/h4-19,27-28H,1-3H3. The molecule has 0 heterocycles. The third kappa shape index (κ3) is 3.97. The topological polar surface area (TPSA) is 50.7 Å². The lowest BCUT2D eigenvalue weighted by Crippen LogP contribution is -2.64. The Kier molecular flexibility index (Phi) is 5.62. The number of nitrogens with one attached hydrogen (secondary N) is 1. The van der Waals surface area contributed by atoms with Crippen molar-refractivity contribution in [2.45, 2.75) is 38.8 Å². The second-order valence-electron chi connectivity index (χ2n) is 7.80. The highest BCUT2D eigenvalue weighted by Crippen LogP contribution is 2.33. The summed E-state index contributed by atoms with van der Waals surface area (Å²) < 4.78 is 12.9. The van der Waals surface area contributed by atoms with E-state index in [0.29, 0.717) is 11.5 Å². The van der Waals surface area contributed by atoms with Crippen LogP contribution in [0.1, 0.15) is 20.8 Å². The van der Waals surface area contributed by atoms with Crippen molar-refractivity contribution >= 4 is 21.5 Å². The van der Waals surface area contributed by atoms with Gasteiger partial charge in [0.05, 0.1) is 0 Å². The van der Waals surface area contributed by atoms with Gasteiger partial charge in [-0.05, 0) is 43.7 Å². The first-order valence-electron chi connectivity index (χ1n) is 10.3. The molecular formula is C26H27NO3. The van der Waals surface area contributed by atoms with Crippen LogP contribution in [-0.2, 0) is 0 Å². The van der Waals surface area contributed by atoms with Gasteiger partial charge < -0.3 is 14.6 Å². The highest BCUT2D eigenvalue weighted by molar-refractivity contribution is 5.89. The number of ether oxygens (including phenoxy) is 2. The van der Waals surface area contributed by atoms with E-state index in [4.69, 9.17) is 9.47 Å². The summed E-state index contributed by atoms with van der Waals surface area (Å²) in [6, 6.07) is 27.8. The Morgan fingerprint density at radius 3 is 1.53 bits per heavy atom. The van der Waals surface area contributed by atoms with E-state index in [9.17, 15) is 5.11 Å². The highest BCUT2D eigenvalue weighted by Gasteiger charge is 2.42. The van der Waals surface area contributed by atoms with Crippen molar-refractivity contribution in [3.05, 3.63) is 84.9 Å².